The lowest BCUT2D eigenvalue weighted by molar-refractivity contribution is -0.145. The monoisotopic (exact) mass is 358 g/mol. The molecule has 0 radical (unpaired) electrons. The molecular formula is C22H30O4. The molecule has 0 saturated heterocycles. The average molecular weight is 358 g/mol. The Bertz CT molecular complexity index is 657. The summed E-state index contributed by atoms with van der Waals surface area (Å²) < 4.78 is 11.0. The lowest BCUT2D eigenvalue weighted by Crippen LogP contribution is -2.23. The third-order valence-corrected chi connectivity index (χ3v) is 4.96. The quantitative estimate of drug-likeness (QED) is 0.602. The molecular weight excluding hydrogens is 328 g/mol. The highest BCUT2D eigenvalue weighted by Crippen LogP contribution is 2.35. The van der Waals surface area contributed by atoms with Crippen molar-refractivity contribution >= 4 is 17.3 Å². The van der Waals surface area contributed by atoms with E-state index in [1.807, 2.05) is 38.1 Å². The molecule has 142 valence electrons. The van der Waals surface area contributed by atoms with Gasteiger partial charge in [0.25, 0.3) is 0 Å². The van der Waals surface area contributed by atoms with E-state index >= 15 is 0 Å². The summed E-state index contributed by atoms with van der Waals surface area (Å²) in [6.45, 7) is 6.14. The number of ether oxygens (including phenoxy) is 2. The summed E-state index contributed by atoms with van der Waals surface area (Å²) in [5, 5.41) is 0. The molecule has 1 aromatic rings. The van der Waals surface area contributed by atoms with Crippen molar-refractivity contribution in [1.29, 1.82) is 0 Å². The van der Waals surface area contributed by atoms with Crippen LogP contribution in [-0.4, -0.2) is 18.9 Å². The first-order valence-electron chi connectivity index (χ1n) is 9.62. The number of allylic oxidation sites excluding steroid dienone is 2. The molecule has 0 bridgehead atoms. The SMILES string of the molecule is CCCCC(CC)C(=O)OC1=C(c2ccc(OC)cc2)C(=O)CC(C)C1. The van der Waals surface area contributed by atoms with Gasteiger partial charge in [-0.1, -0.05) is 45.7 Å². The zero-order valence-electron chi connectivity index (χ0n) is 16.3. The summed E-state index contributed by atoms with van der Waals surface area (Å²) >= 11 is 0. The molecule has 1 aliphatic rings. The van der Waals surface area contributed by atoms with Crippen molar-refractivity contribution in [1.82, 2.24) is 0 Å². The summed E-state index contributed by atoms with van der Waals surface area (Å²) in [5.41, 5.74) is 1.33. The van der Waals surface area contributed by atoms with Gasteiger partial charge in [0.2, 0.25) is 0 Å². The highest BCUT2D eigenvalue weighted by Gasteiger charge is 2.30. The van der Waals surface area contributed by atoms with Gasteiger partial charge in [0, 0.05) is 12.8 Å². The van der Waals surface area contributed by atoms with Crippen molar-refractivity contribution in [2.24, 2.45) is 11.8 Å². The second-order valence-corrected chi connectivity index (χ2v) is 7.13. The van der Waals surface area contributed by atoms with E-state index in [1.54, 1.807) is 7.11 Å². The minimum absolute atomic E-state index is 0.0401. The number of ketones is 1. The Balaban J connectivity index is 2.31. The predicted molar refractivity (Wildman–Crippen MR) is 103 cm³/mol. The van der Waals surface area contributed by atoms with Crippen LogP contribution in [0.4, 0.5) is 0 Å². The summed E-state index contributed by atoms with van der Waals surface area (Å²) in [6, 6.07) is 7.35. The molecule has 1 aromatic carbocycles. The number of carbonyl (C=O) groups is 2. The topological polar surface area (TPSA) is 52.6 Å². The van der Waals surface area contributed by atoms with Gasteiger partial charge in [-0.15, -0.1) is 0 Å². The molecule has 4 nitrogen and oxygen atoms in total. The Morgan fingerprint density at radius 3 is 2.46 bits per heavy atom. The maximum atomic E-state index is 12.7. The van der Waals surface area contributed by atoms with Gasteiger partial charge in [-0.05, 0) is 36.5 Å². The molecule has 0 aromatic heterocycles. The summed E-state index contributed by atoms with van der Waals surface area (Å²) in [5.74, 6) is 1.17. The number of rotatable bonds is 8. The lowest BCUT2D eigenvalue weighted by atomic mass is 9.85. The fraction of sp³-hybridized carbons (Fsp3) is 0.545. The van der Waals surface area contributed by atoms with Crippen LogP contribution in [0.25, 0.3) is 5.57 Å². The van der Waals surface area contributed by atoms with Crippen LogP contribution in [0.2, 0.25) is 0 Å². The third-order valence-electron chi connectivity index (χ3n) is 4.96. The minimum atomic E-state index is -0.205. The number of benzene rings is 1. The van der Waals surface area contributed by atoms with Crippen molar-refractivity contribution in [2.75, 3.05) is 7.11 Å². The molecule has 2 rings (SSSR count). The highest BCUT2D eigenvalue weighted by molar-refractivity contribution is 6.22. The van der Waals surface area contributed by atoms with E-state index in [9.17, 15) is 9.59 Å². The smallest absolute Gasteiger partial charge is 0.314 e. The molecule has 4 heteroatoms. The molecule has 0 amide bonds. The van der Waals surface area contributed by atoms with Crippen LogP contribution in [0.3, 0.4) is 0 Å². The number of hydrogen-bond acceptors (Lipinski definition) is 4. The van der Waals surface area contributed by atoms with E-state index < -0.39 is 0 Å². The first-order chi connectivity index (χ1) is 12.5. The van der Waals surface area contributed by atoms with Crippen molar-refractivity contribution in [2.45, 2.75) is 59.3 Å². The normalized spacial score (nSPS) is 18.6. The fourth-order valence-corrected chi connectivity index (χ4v) is 3.38. The van der Waals surface area contributed by atoms with Crippen molar-refractivity contribution < 1.29 is 19.1 Å². The molecule has 0 fully saturated rings. The molecule has 26 heavy (non-hydrogen) atoms. The Labute approximate surface area is 156 Å². The number of Topliss-reactive ketones (excluding diaryl/α,β-unsaturated/α-hetero) is 1. The van der Waals surface area contributed by atoms with E-state index in [1.165, 1.54) is 0 Å². The van der Waals surface area contributed by atoms with E-state index in [0.29, 0.717) is 24.2 Å². The molecule has 0 spiro atoms. The summed E-state index contributed by atoms with van der Waals surface area (Å²) in [6.07, 6.45) is 4.75. The molecule has 2 unspecified atom stereocenters. The van der Waals surface area contributed by atoms with Gasteiger partial charge in [-0.3, -0.25) is 9.59 Å². The van der Waals surface area contributed by atoms with Gasteiger partial charge < -0.3 is 9.47 Å². The Morgan fingerprint density at radius 1 is 1.19 bits per heavy atom. The number of carbonyl (C=O) groups excluding carboxylic acids is 2. The summed E-state index contributed by atoms with van der Waals surface area (Å²) in [4.78, 5) is 25.3. The van der Waals surface area contributed by atoms with Gasteiger partial charge in [0.15, 0.2) is 5.78 Å². The van der Waals surface area contributed by atoms with E-state index in [2.05, 4.69) is 6.92 Å². The van der Waals surface area contributed by atoms with Gasteiger partial charge >= 0.3 is 5.97 Å². The lowest BCUT2D eigenvalue weighted by Gasteiger charge is -2.25. The Morgan fingerprint density at radius 2 is 1.88 bits per heavy atom. The molecule has 1 aliphatic carbocycles. The number of unbranched alkanes of at least 4 members (excludes halogenated alkanes) is 1. The second-order valence-electron chi connectivity index (χ2n) is 7.13. The van der Waals surface area contributed by atoms with Crippen LogP contribution >= 0.6 is 0 Å². The average Bonchev–Trinajstić information content (AvgIpc) is 2.62. The van der Waals surface area contributed by atoms with Crippen LogP contribution in [-0.2, 0) is 14.3 Å². The van der Waals surface area contributed by atoms with Gasteiger partial charge in [0.1, 0.15) is 11.5 Å². The first kappa shape index (κ1) is 20.2. The molecule has 0 aliphatic heterocycles. The molecule has 0 saturated carbocycles. The van der Waals surface area contributed by atoms with Crippen molar-refractivity contribution in [3.63, 3.8) is 0 Å². The van der Waals surface area contributed by atoms with Crippen LogP contribution in [0.1, 0.15) is 64.9 Å². The number of hydrogen-bond donors (Lipinski definition) is 0. The summed E-state index contributed by atoms with van der Waals surface area (Å²) in [7, 11) is 1.61. The van der Waals surface area contributed by atoms with Crippen molar-refractivity contribution in [3.8, 4) is 5.75 Å². The predicted octanol–water partition coefficient (Wildman–Crippen LogP) is 5.16. The molecule has 0 N–H and O–H groups in total. The second kappa shape index (κ2) is 9.56. The van der Waals surface area contributed by atoms with Gasteiger partial charge in [0.05, 0.1) is 18.6 Å². The first-order valence-corrected chi connectivity index (χ1v) is 9.62. The van der Waals surface area contributed by atoms with Crippen LogP contribution < -0.4 is 4.74 Å². The van der Waals surface area contributed by atoms with E-state index in [0.717, 1.165) is 37.0 Å². The maximum Gasteiger partial charge on any atom is 0.314 e. The van der Waals surface area contributed by atoms with E-state index in [-0.39, 0.29) is 23.6 Å². The molecule has 2 atom stereocenters. The Kier molecular flexibility index (Phi) is 7.43. The standard InChI is InChI=1S/C22H30O4/c1-5-7-8-16(6-2)22(24)26-20-14-15(3)13-19(23)21(20)17-9-11-18(25-4)12-10-17/h9-12,15-16H,5-8,13-14H2,1-4H3. The minimum Gasteiger partial charge on any atom is -0.497 e. The largest absolute Gasteiger partial charge is 0.497 e. The van der Waals surface area contributed by atoms with Crippen LogP contribution in [0.5, 0.6) is 5.75 Å². The third kappa shape index (κ3) is 4.96. The van der Waals surface area contributed by atoms with Gasteiger partial charge in [-0.2, -0.15) is 0 Å². The van der Waals surface area contributed by atoms with Crippen molar-refractivity contribution in [3.05, 3.63) is 35.6 Å². The number of esters is 1. The van der Waals surface area contributed by atoms with Crippen LogP contribution in [0, 0.1) is 11.8 Å². The van der Waals surface area contributed by atoms with E-state index in [4.69, 9.17) is 9.47 Å². The Hall–Kier alpha value is -2.10. The van der Waals surface area contributed by atoms with Gasteiger partial charge in [-0.25, -0.2) is 0 Å². The maximum absolute atomic E-state index is 12.7. The zero-order valence-corrected chi connectivity index (χ0v) is 16.3. The fourth-order valence-electron chi connectivity index (χ4n) is 3.38. The highest BCUT2D eigenvalue weighted by atomic mass is 16.5. The molecule has 0 heterocycles. The zero-order chi connectivity index (χ0) is 19.1. The number of methoxy groups -OCH3 is 1. The van der Waals surface area contributed by atoms with Crippen LogP contribution in [0.15, 0.2) is 30.0 Å².